The van der Waals surface area contributed by atoms with Gasteiger partial charge in [0.25, 0.3) is 0 Å². The minimum absolute atomic E-state index is 0.703. The maximum absolute atomic E-state index is 4.98. The average Bonchev–Trinajstić information content (AvgIpc) is 2.84. The van der Waals surface area contributed by atoms with Gasteiger partial charge in [-0.1, -0.05) is 4.49 Å². The summed E-state index contributed by atoms with van der Waals surface area (Å²) >= 11 is 1.41. The molecule has 0 fully saturated rings. The Morgan fingerprint density at radius 2 is 2.41 bits per heavy atom. The van der Waals surface area contributed by atoms with Crippen LogP contribution in [0.4, 0.5) is 0 Å². The van der Waals surface area contributed by atoms with E-state index in [1.165, 1.54) is 11.5 Å². The standard InChI is InChI=1S/C11H14N4OS/c1-16-6-5-13-8-10-11(14-15-17-10)9-3-2-4-12-7-9/h2-4,7,13H,5-6,8H2,1H3. The third-order valence-corrected chi connectivity index (χ3v) is 2.98. The number of nitrogens with one attached hydrogen (secondary N) is 1. The van der Waals surface area contributed by atoms with E-state index in [4.69, 9.17) is 4.74 Å². The van der Waals surface area contributed by atoms with Crippen LogP contribution in [0.3, 0.4) is 0 Å². The Kier molecular flexibility index (Phi) is 4.54. The summed E-state index contributed by atoms with van der Waals surface area (Å²) in [5.41, 5.74) is 1.91. The van der Waals surface area contributed by atoms with Crippen molar-refractivity contribution in [1.82, 2.24) is 19.9 Å². The fourth-order valence-electron chi connectivity index (χ4n) is 1.42. The van der Waals surface area contributed by atoms with E-state index in [0.29, 0.717) is 6.61 Å². The zero-order valence-electron chi connectivity index (χ0n) is 9.59. The molecule has 0 aromatic carbocycles. The van der Waals surface area contributed by atoms with Gasteiger partial charge in [0, 0.05) is 38.2 Å². The molecule has 0 amide bonds. The monoisotopic (exact) mass is 250 g/mol. The summed E-state index contributed by atoms with van der Waals surface area (Å²) in [6.45, 7) is 2.28. The van der Waals surface area contributed by atoms with E-state index in [9.17, 15) is 0 Å². The molecule has 0 spiro atoms. The Balaban J connectivity index is 2.02. The van der Waals surface area contributed by atoms with Crippen molar-refractivity contribution in [3.63, 3.8) is 0 Å². The summed E-state index contributed by atoms with van der Waals surface area (Å²) in [5, 5.41) is 7.43. The molecule has 0 aliphatic rings. The molecule has 5 nitrogen and oxygen atoms in total. The van der Waals surface area contributed by atoms with Crippen molar-refractivity contribution in [3.8, 4) is 11.3 Å². The lowest BCUT2D eigenvalue weighted by Crippen LogP contribution is -2.18. The molecule has 0 atom stereocenters. The third kappa shape index (κ3) is 3.29. The molecule has 2 heterocycles. The van der Waals surface area contributed by atoms with Crippen molar-refractivity contribution in [2.24, 2.45) is 0 Å². The molecular formula is C11H14N4OS. The van der Waals surface area contributed by atoms with Crippen LogP contribution in [0.1, 0.15) is 4.88 Å². The number of rotatable bonds is 6. The van der Waals surface area contributed by atoms with Gasteiger partial charge in [-0.05, 0) is 23.7 Å². The van der Waals surface area contributed by atoms with E-state index in [-0.39, 0.29) is 0 Å². The van der Waals surface area contributed by atoms with Gasteiger partial charge in [-0.3, -0.25) is 4.98 Å². The molecule has 0 saturated heterocycles. The van der Waals surface area contributed by atoms with Crippen LogP contribution in [-0.2, 0) is 11.3 Å². The summed E-state index contributed by atoms with van der Waals surface area (Å²) < 4.78 is 8.97. The van der Waals surface area contributed by atoms with Gasteiger partial charge in [0.15, 0.2) is 0 Å². The number of pyridine rings is 1. The Bertz CT molecular complexity index is 446. The summed E-state index contributed by atoms with van der Waals surface area (Å²) in [7, 11) is 1.69. The number of methoxy groups -OCH3 is 1. The van der Waals surface area contributed by atoms with Crippen molar-refractivity contribution >= 4 is 11.5 Å². The molecule has 0 saturated carbocycles. The molecule has 0 bridgehead atoms. The Morgan fingerprint density at radius 3 is 3.18 bits per heavy atom. The molecular weight excluding hydrogens is 236 g/mol. The SMILES string of the molecule is COCCNCc1snnc1-c1cccnc1. The van der Waals surface area contributed by atoms with E-state index in [2.05, 4.69) is 19.9 Å². The van der Waals surface area contributed by atoms with Crippen LogP contribution >= 0.6 is 11.5 Å². The van der Waals surface area contributed by atoms with Crippen LogP contribution in [0, 0.1) is 0 Å². The smallest absolute Gasteiger partial charge is 0.111 e. The second kappa shape index (κ2) is 6.39. The van der Waals surface area contributed by atoms with Crippen LogP contribution in [0.5, 0.6) is 0 Å². The topological polar surface area (TPSA) is 59.9 Å². The number of nitrogens with zero attached hydrogens (tertiary/aromatic N) is 3. The first-order chi connectivity index (χ1) is 8.42. The Hall–Kier alpha value is -1.37. The Labute approximate surface area is 104 Å². The van der Waals surface area contributed by atoms with Gasteiger partial charge in [-0.25, -0.2) is 0 Å². The predicted octanol–water partition coefficient (Wildman–Crippen LogP) is 1.34. The van der Waals surface area contributed by atoms with E-state index in [0.717, 1.165) is 29.2 Å². The number of aromatic nitrogens is 3. The molecule has 2 rings (SSSR count). The maximum atomic E-state index is 4.98. The van der Waals surface area contributed by atoms with Crippen LogP contribution in [0.25, 0.3) is 11.3 Å². The summed E-state index contributed by atoms with van der Waals surface area (Å²) in [6.07, 6.45) is 3.55. The highest BCUT2D eigenvalue weighted by molar-refractivity contribution is 7.05. The first kappa shape index (κ1) is 12.1. The van der Waals surface area contributed by atoms with Crippen LogP contribution in [-0.4, -0.2) is 34.8 Å². The number of hydrogen-bond donors (Lipinski definition) is 1. The highest BCUT2D eigenvalue weighted by Crippen LogP contribution is 2.22. The number of ether oxygens (including phenoxy) is 1. The second-order valence-corrected chi connectivity index (χ2v) is 4.29. The molecule has 0 radical (unpaired) electrons. The van der Waals surface area contributed by atoms with Gasteiger partial charge in [0.1, 0.15) is 5.69 Å². The first-order valence-electron chi connectivity index (χ1n) is 5.33. The summed E-state index contributed by atoms with van der Waals surface area (Å²) in [6, 6.07) is 3.89. The number of hydrogen-bond acceptors (Lipinski definition) is 6. The minimum Gasteiger partial charge on any atom is -0.383 e. The lowest BCUT2D eigenvalue weighted by Gasteiger charge is -2.03. The summed E-state index contributed by atoms with van der Waals surface area (Å²) in [5.74, 6) is 0. The second-order valence-electron chi connectivity index (χ2n) is 3.46. The molecule has 6 heteroatoms. The quantitative estimate of drug-likeness (QED) is 0.784. The van der Waals surface area contributed by atoms with Gasteiger partial charge < -0.3 is 10.1 Å². The highest BCUT2D eigenvalue weighted by atomic mass is 32.1. The van der Waals surface area contributed by atoms with Gasteiger partial charge in [0.2, 0.25) is 0 Å². The normalized spacial score (nSPS) is 10.6. The van der Waals surface area contributed by atoms with E-state index >= 15 is 0 Å². The van der Waals surface area contributed by atoms with Crippen molar-refractivity contribution in [2.75, 3.05) is 20.3 Å². The zero-order valence-corrected chi connectivity index (χ0v) is 10.4. The Morgan fingerprint density at radius 1 is 1.47 bits per heavy atom. The summed E-state index contributed by atoms with van der Waals surface area (Å²) in [4.78, 5) is 5.21. The van der Waals surface area contributed by atoms with Crippen molar-refractivity contribution in [3.05, 3.63) is 29.4 Å². The van der Waals surface area contributed by atoms with Gasteiger partial charge in [-0.15, -0.1) is 5.10 Å². The average molecular weight is 250 g/mol. The largest absolute Gasteiger partial charge is 0.383 e. The molecule has 90 valence electrons. The van der Waals surface area contributed by atoms with E-state index < -0.39 is 0 Å². The van der Waals surface area contributed by atoms with Crippen molar-refractivity contribution < 1.29 is 4.74 Å². The molecule has 2 aromatic heterocycles. The van der Waals surface area contributed by atoms with Crippen molar-refractivity contribution in [1.29, 1.82) is 0 Å². The molecule has 17 heavy (non-hydrogen) atoms. The zero-order chi connectivity index (χ0) is 11.9. The fourth-order valence-corrected chi connectivity index (χ4v) is 2.06. The van der Waals surface area contributed by atoms with Crippen LogP contribution < -0.4 is 5.32 Å². The maximum Gasteiger partial charge on any atom is 0.111 e. The molecule has 2 aromatic rings. The minimum atomic E-state index is 0.703. The highest BCUT2D eigenvalue weighted by Gasteiger charge is 2.09. The molecule has 0 unspecified atom stereocenters. The molecule has 0 aliphatic heterocycles. The predicted molar refractivity (Wildman–Crippen MR) is 66.7 cm³/mol. The lowest BCUT2D eigenvalue weighted by atomic mass is 10.2. The third-order valence-electron chi connectivity index (χ3n) is 2.26. The van der Waals surface area contributed by atoms with Gasteiger partial charge >= 0.3 is 0 Å². The first-order valence-corrected chi connectivity index (χ1v) is 6.10. The van der Waals surface area contributed by atoms with Crippen LogP contribution in [0.15, 0.2) is 24.5 Å². The van der Waals surface area contributed by atoms with Crippen molar-refractivity contribution in [2.45, 2.75) is 6.54 Å². The van der Waals surface area contributed by atoms with E-state index in [1.54, 1.807) is 19.5 Å². The fraction of sp³-hybridized carbons (Fsp3) is 0.364. The van der Waals surface area contributed by atoms with Crippen LogP contribution in [0.2, 0.25) is 0 Å². The molecule has 0 aliphatic carbocycles. The molecule has 1 N–H and O–H groups in total. The lowest BCUT2D eigenvalue weighted by molar-refractivity contribution is 0.199. The van der Waals surface area contributed by atoms with Gasteiger partial charge in [0.05, 0.1) is 11.5 Å². The van der Waals surface area contributed by atoms with E-state index in [1.807, 2.05) is 12.1 Å². The van der Waals surface area contributed by atoms with Gasteiger partial charge in [-0.2, -0.15) is 0 Å².